The number of hydrogen-bond acceptors (Lipinski definition) is 4. The highest BCUT2D eigenvalue weighted by atomic mass is 16.5. The molecule has 0 heterocycles. The van der Waals surface area contributed by atoms with Gasteiger partial charge in [-0.2, -0.15) is 0 Å². The summed E-state index contributed by atoms with van der Waals surface area (Å²) < 4.78 is 5.10. The molecule has 0 aliphatic heterocycles. The molecule has 1 fully saturated rings. The number of hydrogen-bond donors (Lipinski definition) is 1. The number of ketones is 2. The van der Waals surface area contributed by atoms with Crippen molar-refractivity contribution in [2.45, 2.75) is 51.4 Å². The summed E-state index contributed by atoms with van der Waals surface area (Å²) in [6, 6.07) is 4.86. The third kappa shape index (κ3) is 3.23. The number of aliphatic hydroxyl groups is 1. The minimum atomic E-state index is -0.572. The van der Waals surface area contributed by atoms with E-state index in [0.717, 1.165) is 18.8 Å². The molecule has 24 heavy (non-hydrogen) atoms. The maximum Gasteiger partial charge on any atom is 0.234 e. The van der Waals surface area contributed by atoms with Crippen molar-refractivity contribution in [2.75, 3.05) is 7.11 Å². The molecule has 1 aromatic carbocycles. The molecule has 4 heteroatoms. The third-order valence-corrected chi connectivity index (χ3v) is 5.26. The van der Waals surface area contributed by atoms with Crippen LogP contribution in [0.25, 0.3) is 5.76 Å². The van der Waals surface area contributed by atoms with Gasteiger partial charge in [0.15, 0.2) is 0 Å². The molecule has 3 rings (SSSR count). The number of allylic oxidation sites excluding steroid dienone is 1. The lowest BCUT2D eigenvalue weighted by atomic mass is 9.83. The molecule has 0 saturated heterocycles. The lowest BCUT2D eigenvalue weighted by Gasteiger charge is -2.22. The molecule has 0 spiro atoms. The van der Waals surface area contributed by atoms with Gasteiger partial charge in [0.25, 0.3) is 0 Å². The van der Waals surface area contributed by atoms with E-state index in [4.69, 9.17) is 4.74 Å². The Morgan fingerprint density at radius 2 is 1.83 bits per heavy atom. The fourth-order valence-electron chi connectivity index (χ4n) is 3.85. The van der Waals surface area contributed by atoms with Crippen LogP contribution in [-0.2, 0) is 4.79 Å². The SMILES string of the molecule is COc1ccc2c(c1)C(=O)C(=O)C(CCCC1CCCCC1)=C2O. The number of benzene rings is 1. The lowest BCUT2D eigenvalue weighted by Crippen LogP contribution is -2.24. The minimum absolute atomic E-state index is 0.0408. The second kappa shape index (κ2) is 7.20. The maximum absolute atomic E-state index is 12.4. The van der Waals surface area contributed by atoms with Crippen LogP contribution < -0.4 is 4.74 Å². The van der Waals surface area contributed by atoms with Crippen molar-refractivity contribution in [2.24, 2.45) is 5.92 Å². The number of aliphatic hydroxyl groups excluding tert-OH is 1. The monoisotopic (exact) mass is 328 g/mol. The lowest BCUT2D eigenvalue weighted by molar-refractivity contribution is -0.112. The standard InChI is InChI=1S/C20H24O4/c1-24-14-10-11-15-17(12-14)20(23)19(22)16(18(15)21)9-5-8-13-6-3-2-4-7-13/h10-13,21H,2-9H2,1H3. The van der Waals surface area contributed by atoms with Gasteiger partial charge in [0, 0.05) is 16.7 Å². The molecule has 0 radical (unpaired) electrons. The van der Waals surface area contributed by atoms with Crippen LogP contribution in [0.1, 0.15) is 67.3 Å². The van der Waals surface area contributed by atoms with Crippen molar-refractivity contribution >= 4 is 17.3 Å². The fourth-order valence-corrected chi connectivity index (χ4v) is 3.85. The van der Waals surface area contributed by atoms with E-state index >= 15 is 0 Å². The molecule has 1 N–H and O–H groups in total. The highest BCUT2D eigenvalue weighted by Gasteiger charge is 2.32. The van der Waals surface area contributed by atoms with Crippen LogP contribution in [-0.4, -0.2) is 23.8 Å². The number of fused-ring (bicyclic) bond motifs is 1. The molecular formula is C20H24O4. The van der Waals surface area contributed by atoms with Gasteiger partial charge in [-0.15, -0.1) is 0 Å². The van der Waals surface area contributed by atoms with E-state index in [9.17, 15) is 14.7 Å². The molecule has 2 aliphatic rings. The molecule has 4 nitrogen and oxygen atoms in total. The van der Waals surface area contributed by atoms with Gasteiger partial charge in [0.1, 0.15) is 11.5 Å². The number of methoxy groups -OCH3 is 1. The molecular weight excluding hydrogens is 304 g/mol. The van der Waals surface area contributed by atoms with Gasteiger partial charge in [-0.25, -0.2) is 0 Å². The van der Waals surface area contributed by atoms with Crippen LogP contribution >= 0.6 is 0 Å². The summed E-state index contributed by atoms with van der Waals surface area (Å²) in [5.41, 5.74) is 0.939. The van der Waals surface area contributed by atoms with E-state index in [1.165, 1.54) is 45.3 Å². The van der Waals surface area contributed by atoms with Gasteiger partial charge in [-0.1, -0.05) is 38.5 Å². The predicted molar refractivity (Wildman–Crippen MR) is 92.3 cm³/mol. The largest absolute Gasteiger partial charge is 0.507 e. The summed E-state index contributed by atoms with van der Waals surface area (Å²) in [5, 5.41) is 10.5. The van der Waals surface area contributed by atoms with E-state index < -0.39 is 11.6 Å². The zero-order valence-electron chi connectivity index (χ0n) is 14.1. The molecule has 128 valence electrons. The first-order valence-electron chi connectivity index (χ1n) is 8.81. The molecule has 0 atom stereocenters. The first-order chi connectivity index (χ1) is 11.6. The molecule has 0 aromatic heterocycles. The van der Waals surface area contributed by atoms with Crippen molar-refractivity contribution in [3.63, 3.8) is 0 Å². The van der Waals surface area contributed by atoms with Gasteiger partial charge in [-0.3, -0.25) is 9.59 Å². The number of carbonyl (C=O) groups excluding carboxylic acids is 2. The number of Topliss-reactive ketones (excluding diaryl/α,β-unsaturated/α-hetero) is 2. The van der Waals surface area contributed by atoms with Crippen LogP contribution in [0.2, 0.25) is 0 Å². The summed E-state index contributed by atoms with van der Waals surface area (Å²) in [4.78, 5) is 24.7. The van der Waals surface area contributed by atoms with Gasteiger partial charge in [-0.05, 0) is 37.0 Å². The molecule has 0 unspecified atom stereocenters. The zero-order valence-corrected chi connectivity index (χ0v) is 14.1. The molecule has 1 aromatic rings. The fraction of sp³-hybridized carbons (Fsp3) is 0.500. The van der Waals surface area contributed by atoms with Crippen molar-refractivity contribution in [3.8, 4) is 5.75 Å². The smallest absolute Gasteiger partial charge is 0.234 e. The zero-order chi connectivity index (χ0) is 17.1. The van der Waals surface area contributed by atoms with E-state index in [2.05, 4.69) is 0 Å². The van der Waals surface area contributed by atoms with Gasteiger partial charge in [0.05, 0.1) is 7.11 Å². The van der Waals surface area contributed by atoms with Crippen LogP contribution in [0, 0.1) is 5.92 Å². The number of rotatable bonds is 5. The third-order valence-electron chi connectivity index (χ3n) is 5.26. The van der Waals surface area contributed by atoms with Gasteiger partial charge < -0.3 is 9.84 Å². The van der Waals surface area contributed by atoms with E-state index in [1.807, 2.05) is 0 Å². The molecule has 2 aliphatic carbocycles. The highest BCUT2D eigenvalue weighted by molar-refractivity contribution is 6.52. The second-order valence-electron chi connectivity index (χ2n) is 6.79. The minimum Gasteiger partial charge on any atom is -0.507 e. The second-order valence-corrected chi connectivity index (χ2v) is 6.79. The Hall–Kier alpha value is -2.10. The van der Waals surface area contributed by atoms with E-state index in [1.54, 1.807) is 12.1 Å². The summed E-state index contributed by atoms with van der Waals surface area (Å²) in [6.45, 7) is 0. The van der Waals surface area contributed by atoms with Crippen molar-refractivity contribution < 1.29 is 19.4 Å². The van der Waals surface area contributed by atoms with E-state index in [-0.39, 0.29) is 16.9 Å². The highest BCUT2D eigenvalue weighted by Crippen LogP contribution is 2.34. The Bertz CT molecular complexity index is 681. The maximum atomic E-state index is 12.4. The van der Waals surface area contributed by atoms with Gasteiger partial charge >= 0.3 is 0 Å². The summed E-state index contributed by atoms with van der Waals surface area (Å²) in [7, 11) is 1.50. The van der Waals surface area contributed by atoms with Crippen LogP contribution in [0.15, 0.2) is 23.8 Å². The topological polar surface area (TPSA) is 63.6 Å². The average Bonchev–Trinajstić information content (AvgIpc) is 2.63. The van der Waals surface area contributed by atoms with Crippen molar-refractivity contribution in [3.05, 3.63) is 34.9 Å². The Balaban J connectivity index is 1.76. The Morgan fingerprint density at radius 1 is 1.08 bits per heavy atom. The molecule has 1 saturated carbocycles. The quantitative estimate of drug-likeness (QED) is 0.809. The van der Waals surface area contributed by atoms with E-state index in [0.29, 0.717) is 17.7 Å². The predicted octanol–water partition coefficient (Wildman–Crippen LogP) is 4.48. The normalized spacial score (nSPS) is 18.7. The van der Waals surface area contributed by atoms with Crippen LogP contribution in [0.5, 0.6) is 5.75 Å². The summed E-state index contributed by atoms with van der Waals surface area (Å²) in [5.74, 6) is 0.0723. The van der Waals surface area contributed by atoms with Gasteiger partial charge in [0.2, 0.25) is 11.6 Å². The summed E-state index contributed by atoms with van der Waals surface area (Å²) >= 11 is 0. The Kier molecular flexibility index (Phi) is 5.03. The first kappa shape index (κ1) is 16.7. The molecule has 0 bridgehead atoms. The Morgan fingerprint density at radius 3 is 2.54 bits per heavy atom. The van der Waals surface area contributed by atoms with Crippen LogP contribution in [0.3, 0.4) is 0 Å². The van der Waals surface area contributed by atoms with Crippen molar-refractivity contribution in [1.29, 1.82) is 0 Å². The number of carbonyl (C=O) groups is 2. The average molecular weight is 328 g/mol. The Labute approximate surface area is 142 Å². The number of ether oxygens (including phenoxy) is 1. The van der Waals surface area contributed by atoms with Crippen LogP contribution in [0.4, 0.5) is 0 Å². The molecule has 0 amide bonds. The van der Waals surface area contributed by atoms with Crippen molar-refractivity contribution in [1.82, 2.24) is 0 Å². The first-order valence-corrected chi connectivity index (χ1v) is 8.81. The summed E-state index contributed by atoms with van der Waals surface area (Å²) in [6.07, 6.45) is 8.83.